The summed E-state index contributed by atoms with van der Waals surface area (Å²) in [6, 6.07) is 3.84. The van der Waals surface area contributed by atoms with Crippen molar-refractivity contribution < 1.29 is 0 Å². The minimum Gasteiger partial charge on any atom is -0.314 e. The molecule has 0 bridgehead atoms. The summed E-state index contributed by atoms with van der Waals surface area (Å²) in [6.07, 6.45) is 7.65. The minimum atomic E-state index is 0.628. The molecule has 0 heterocycles. The van der Waals surface area contributed by atoms with E-state index in [2.05, 4.69) is 89.7 Å². The lowest BCUT2D eigenvalue weighted by molar-refractivity contribution is 0.169. The zero-order valence-electron chi connectivity index (χ0n) is 22.4. The van der Waals surface area contributed by atoms with E-state index >= 15 is 0 Å². The highest BCUT2D eigenvalue weighted by Gasteiger charge is 2.14. The molecule has 0 rings (SSSR count). The van der Waals surface area contributed by atoms with Crippen LogP contribution in [0.4, 0.5) is 0 Å². The molecule has 0 aromatic rings. The molecule has 30 heavy (non-hydrogen) atoms. The van der Waals surface area contributed by atoms with E-state index in [1.54, 1.807) is 0 Å². The molecule has 2 atom stereocenters. The fourth-order valence-corrected chi connectivity index (χ4v) is 4.54. The molecule has 0 saturated heterocycles. The number of nitrogens with one attached hydrogen (secondary N) is 2. The standard InChI is InChI=1S/C26H58N4/c1-21(2)29(22(3)4)19-13-15-25(9)27-17-11-12-18-28-26(10)16-14-20-30(23(5)6)24(7)8/h21-28H,11-20H2,1-10H3. The fourth-order valence-electron chi connectivity index (χ4n) is 4.54. The maximum atomic E-state index is 3.72. The highest BCUT2D eigenvalue weighted by molar-refractivity contribution is 4.71. The Labute approximate surface area is 190 Å². The van der Waals surface area contributed by atoms with Crippen LogP contribution in [0.1, 0.15) is 108 Å². The highest BCUT2D eigenvalue weighted by Crippen LogP contribution is 2.09. The van der Waals surface area contributed by atoms with Gasteiger partial charge in [0.25, 0.3) is 0 Å². The molecular weight excluding hydrogens is 368 g/mol. The van der Waals surface area contributed by atoms with Crippen LogP contribution in [0, 0.1) is 0 Å². The van der Waals surface area contributed by atoms with Crippen molar-refractivity contribution in [2.24, 2.45) is 0 Å². The Morgan fingerprint density at radius 2 is 0.767 bits per heavy atom. The SMILES string of the molecule is CC(CCCN(C(C)C)C(C)C)NCCCCNC(C)CCCN(C(C)C)C(C)C. The summed E-state index contributed by atoms with van der Waals surface area (Å²) in [6.45, 7) is 27.9. The van der Waals surface area contributed by atoms with Gasteiger partial charge in [0.1, 0.15) is 0 Å². The van der Waals surface area contributed by atoms with Crippen molar-refractivity contribution in [2.45, 2.75) is 144 Å². The van der Waals surface area contributed by atoms with E-state index in [1.807, 2.05) is 0 Å². The molecule has 2 unspecified atom stereocenters. The van der Waals surface area contributed by atoms with Gasteiger partial charge < -0.3 is 10.6 Å². The molecule has 0 aliphatic heterocycles. The van der Waals surface area contributed by atoms with Gasteiger partial charge in [-0.25, -0.2) is 0 Å². The molecule has 4 nitrogen and oxygen atoms in total. The molecule has 0 aliphatic rings. The molecule has 0 aromatic carbocycles. The Morgan fingerprint density at radius 3 is 1.03 bits per heavy atom. The first-order valence-electron chi connectivity index (χ1n) is 13.0. The van der Waals surface area contributed by atoms with Gasteiger partial charge in [0, 0.05) is 36.3 Å². The Hall–Kier alpha value is -0.160. The summed E-state index contributed by atoms with van der Waals surface area (Å²) in [5.41, 5.74) is 0. The summed E-state index contributed by atoms with van der Waals surface area (Å²) in [7, 11) is 0. The van der Waals surface area contributed by atoms with E-state index in [-0.39, 0.29) is 0 Å². The number of hydrogen-bond donors (Lipinski definition) is 2. The van der Waals surface area contributed by atoms with Gasteiger partial charge in [-0.15, -0.1) is 0 Å². The monoisotopic (exact) mass is 426 g/mol. The normalized spacial score (nSPS) is 14.8. The summed E-state index contributed by atoms with van der Waals surface area (Å²) in [4.78, 5) is 5.20. The first-order chi connectivity index (χ1) is 14.1. The third-order valence-electron chi connectivity index (χ3n) is 6.35. The molecule has 0 spiro atoms. The fraction of sp³-hybridized carbons (Fsp3) is 1.00. The van der Waals surface area contributed by atoms with Crippen LogP contribution in [-0.4, -0.2) is 72.2 Å². The van der Waals surface area contributed by atoms with Crippen molar-refractivity contribution >= 4 is 0 Å². The van der Waals surface area contributed by atoms with Gasteiger partial charge in [-0.1, -0.05) is 0 Å². The second kappa shape index (κ2) is 17.4. The lowest BCUT2D eigenvalue weighted by atomic mass is 10.1. The van der Waals surface area contributed by atoms with Crippen LogP contribution in [0.5, 0.6) is 0 Å². The van der Waals surface area contributed by atoms with Crippen molar-refractivity contribution in [1.82, 2.24) is 20.4 Å². The summed E-state index contributed by atoms with van der Waals surface area (Å²) in [5.74, 6) is 0. The quantitative estimate of drug-likeness (QED) is 0.266. The van der Waals surface area contributed by atoms with Gasteiger partial charge in [0.2, 0.25) is 0 Å². The maximum absolute atomic E-state index is 3.72. The van der Waals surface area contributed by atoms with Crippen molar-refractivity contribution in [1.29, 1.82) is 0 Å². The molecular formula is C26H58N4. The van der Waals surface area contributed by atoms with E-state index in [4.69, 9.17) is 0 Å². The largest absolute Gasteiger partial charge is 0.314 e. The van der Waals surface area contributed by atoms with Crippen LogP contribution < -0.4 is 10.6 Å². The summed E-state index contributed by atoms with van der Waals surface area (Å²) >= 11 is 0. The molecule has 182 valence electrons. The third-order valence-corrected chi connectivity index (χ3v) is 6.35. The molecule has 0 radical (unpaired) electrons. The Bertz CT molecular complexity index is 329. The van der Waals surface area contributed by atoms with E-state index in [1.165, 1.54) is 51.6 Å². The zero-order valence-corrected chi connectivity index (χ0v) is 22.4. The maximum Gasteiger partial charge on any atom is 0.00412 e. The topological polar surface area (TPSA) is 30.5 Å². The Balaban J connectivity index is 3.69. The van der Waals surface area contributed by atoms with E-state index < -0.39 is 0 Å². The second-order valence-electron chi connectivity index (χ2n) is 10.6. The highest BCUT2D eigenvalue weighted by atomic mass is 15.2. The number of nitrogens with zero attached hydrogens (tertiary/aromatic N) is 2. The van der Waals surface area contributed by atoms with Crippen LogP contribution >= 0.6 is 0 Å². The van der Waals surface area contributed by atoms with Gasteiger partial charge in [0.15, 0.2) is 0 Å². The van der Waals surface area contributed by atoms with Crippen molar-refractivity contribution in [2.75, 3.05) is 26.2 Å². The zero-order chi connectivity index (χ0) is 23.1. The predicted octanol–water partition coefficient (Wildman–Crippen LogP) is 5.52. The Kier molecular flexibility index (Phi) is 17.3. The second-order valence-corrected chi connectivity index (χ2v) is 10.6. The number of unbranched alkanes of at least 4 members (excludes halogenated alkanes) is 1. The van der Waals surface area contributed by atoms with Crippen LogP contribution in [0.25, 0.3) is 0 Å². The first-order valence-corrected chi connectivity index (χ1v) is 13.0. The van der Waals surface area contributed by atoms with Gasteiger partial charge in [-0.2, -0.15) is 0 Å². The molecule has 0 aromatic heterocycles. The van der Waals surface area contributed by atoms with Gasteiger partial charge in [-0.05, 0) is 134 Å². The van der Waals surface area contributed by atoms with Crippen molar-refractivity contribution in [3.63, 3.8) is 0 Å². The average molecular weight is 427 g/mol. The summed E-state index contributed by atoms with van der Waals surface area (Å²) < 4.78 is 0. The molecule has 0 aliphatic carbocycles. The minimum absolute atomic E-state index is 0.628. The van der Waals surface area contributed by atoms with Gasteiger partial charge in [0.05, 0.1) is 0 Å². The van der Waals surface area contributed by atoms with E-state index in [9.17, 15) is 0 Å². The van der Waals surface area contributed by atoms with Crippen LogP contribution in [0.3, 0.4) is 0 Å². The van der Waals surface area contributed by atoms with Crippen LogP contribution in [-0.2, 0) is 0 Å². The van der Waals surface area contributed by atoms with Crippen molar-refractivity contribution in [3.8, 4) is 0 Å². The first kappa shape index (κ1) is 29.8. The van der Waals surface area contributed by atoms with E-state index in [0.717, 1.165) is 13.1 Å². The van der Waals surface area contributed by atoms with Crippen molar-refractivity contribution in [3.05, 3.63) is 0 Å². The third kappa shape index (κ3) is 14.8. The van der Waals surface area contributed by atoms with Crippen LogP contribution in [0.15, 0.2) is 0 Å². The molecule has 0 saturated carbocycles. The number of hydrogen-bond acceptors (Lipinski definition) is 4. The predicted molar refractivity (Wildman–Crippen MR) is 137 cm³/mol. The lowest BCUT2D eigenvalue weighted by Gasteiger charge is -2.31. The smallest absolute Gasteiger partial charge is 0.00412 e. The number of rotatable bonds is 19. The van der Waals surface area contributed by atoms with Crippen LogP contribution in [0.2, 0.25) is 0 Å². The molecule has 4 heteroatoms. The molecule has 0 fully saturated rings. The lowest BCUT2D eigenvalue weighted by Crippen LogP contribution is -2.38. The van der Waals surface area contributed by atoms with Gasteiger partial charge in [-0.3, -0.25) is 9.80 Å². The molecule has 2 N–H and O–H groups in total. The van der Waals surface area contributed by atoms with Gasteiger partial charge >= 0.3 is 0 Å². The Morgan fingerprint density at radius 1 is 0.467 bits per heavy atom. The van der Waals surface area contributed by atoms with E-state index in [0.29, 0.717) is 36.3 Å². The molecule has 0 amide bonds. The average Bonchev–Trinajstić information content (AvgIpc) is 2.63. The summed E-state index contributed by atoms with van der Waals surface area (Å²) in [5, 5.41) is 7.44.